The van der Waals surface area contributed by atoms with Crippen molar-refractivity contribution in [1.29, 1.82) is 5.26 Å². The summed E-state index contributed by atoms with van der Waals surface area (Å²) >= 11 is 0. The number of amides is 2. The molecule has 0 radical (unpaired) electrons. The van der Waals surface area contributed by atoms with E-state index in [1.165, 1.54) is 7.11 Å². The lowest BCUT2D eigenvalue weighted by Gasteiger charge is -2.30. The number of hydrazone groups is 1. The first kappa shape index (κ1) is 26.8. The van der Waals surface area contributed by atoms with Crippen molar-refractivity contribution in [3.8, 4) is 23.1 Å². The van der Waals surface area contributed by atoms with Gasteiger partial charge < -0.3 is 20.1 Å². The number of benzene rings is 1. The van der Waals surface area contributed by atoms with Crippen molar-refractivity contribution in [2.45, 2.75) is 58.7 Å². The van der Waals surface area contributed by atoms with Crippen LogP contribution in [-0.2, 0) is 20.9 Å². The molecule has 2 N–H and O–H groups in total. The fourth-order valence-electron chi connectivity index (χ4n) is 4.48. The number of aryl methyl sites for hydroxylation is 1. The number of anilines is 1. The zero-order valence-corrected chi connectivity index (χ0v) is 22.0. The largest absolute Gasteiger partial charge is 0.493 e. The molecule has 1 aromatic heterocycles. The van der Waals surface area contributed by atoms with E-state index in [2.05, 4.69) is 33.7 Å². The minimum Gasteiger partial charge on any atom is -0.493 e. The fourth-order valence-corrected chi connectivity index (χ4v) is 4.48. The van der Waals surface area contributed by atoms with Gasteiger partial charge in [0.2, 0.25) is 0 Å². The van der Waals surface area contributed by atoms with Gasteiger partial charge in [-0.2, -0.15) is 15.5 Å². The van der Waals surface area contributed by atoms with Crippen LogP contribution in [0.4, 0.5) is 5.82 Å². The van der Waals surface area contributed by atoms with Crippen LogP contribution in [0, 0.1) is 11.3 Å². The van der Waals surface area contributed by atoms with E-state index in [0.29, 0.717) is 41.8 Å². The number of carbonyl (C=O) groups is 2. The van der Waals surface area contributed by atoms with Crippen LogP contribution in [0.2, 0.25) is 0 Å². The molecule has 2 aliphatic rings. The number of carbonyl (C=O) groups excluding carboxylic acids is 2. The molecule has 0 fully saturated rings. The van der Waals surface area contributed by atoms with Gasteiger partial charge in [0.15, 0.2) is 11.9 Å². The van der Waals surface area contributed by atoms with E-state index >= 15 is 0 Å². The Morgan fingerprint density at radius 2 is 2.11 bits per heavy atom. The van der Waals surface area contributed by atoms with E-state index in [4.69, 9.17) is 19.8 Å². The molecule has 12 nitrogen and oxygen atoms in total. The average Bonchev–Trinajstić information content (AvgIpc) is 3.43. The Balaban J connectivity index is 1.74. The topological polar surface area (TPSA) is 146 Å². The standard InChI is InChI=1S/C26H32N8O4/c1-5-8-21-28-16(3)24-26(36)30-25(32-34(21)24)18-13-17(9-10-20(18)38-6-2)19-14-22(29-23(35)15-37-4)33(31-19)12-7-11-27/h9-10,13-14,16,24H,5-8,12,15H2,1-4H3,(H,29,35)(H,30,32,36). The molecule has 4 rings (SSSR count). The monoisotopic (exact) mass is 520 g/mol. The maximum absolute atomic E-state index is 13.1. The van der Waals surface area contributed by atoms with E-state index in [-0.39, 0.29) is 30.9 Å². The highest BCUT2D eigenvalue weighted by Gasteiger charge is 2.42. The van der Waals surface area contributed by atoms with Gasteiger partial charge in [-0.1, -0.05) is 6.92 Å². The predicted octanol–water partition coefficient (Wildman–Crippen LogP) is 2.51. The summed E-state index contributed by atoms with van der Waals surface area (Å²) in [5.74, 6) is 1.67. The van der Waals surface area contributed by atoms with Crippen molar-refractivity contribution < 1.29 is 19.1 Å². The number of amidine groups is 2. The van der Waals surface area contributed by atoms with Crippen molar-refractivity contribution in [3.05, 3.63) is 29.8 Å². The molecule has 2 aromatic rings. The van der Waals surface area contributed by atoms with Crippen molar-refractivity contribution in [1.82, 2.24) is 20.1 Å². The molecule has 2 atom stereocenters. The van der Waals surface area contributed by atoms with Crippen LogP contribution in [0.15, 0.2) is 34.4 Å². The molecule has 3 heterocycles. The molecule has 0 saturated heterocycles. The number of nitriles is 1. The van der Waals surface area contributed by atoms with Crippen LogP contribution in [0.5, 0.6) is 5.75 Å². The molecule has 0 bridgehead atoms. The van der Waals surface area contributed by atoms with Gasteiger partial charge in [0.25, 0.3) is 11.8 Å². The Morgan fingerprint density at radius 3 is 2.82 bits per heavy atom. The van der Waals surface area contributed by atoms with Gasteiger partial charge in [0.1, 0.15) is 24.0 Å². The third-order valence-electron chi connectivity index (χ3n) is 6.12. The average molecular weight is 521 g/mol. The summed E-state index contributed by atoms with van der Waals surface area (Å²) in [6, 6.07) is 8.66. The number of rotatable bonds is 11. The number of hydrogen-bond donors (Lipinski definition) is 2. The van der Waals surface area contributed by atoms with Gasteiger partial charge >= 0.3 is 0 Å². The Kier molecular flexibility index (Phi) is 8.38. The number of fused-ring (bicyclic) bond motifs is 1. The van der Waals surface area contributed by atoms with Gasteiger partial charge in [-0.05, 0) is 38.5 Å². The van der Waals surface area contributed by atoms with E-state index in [1.807, 2.05) is 26.0 Å². The lowest BCUT2D eigenvalue weighted by molar-refractivity contribution is -0.124. The van der Waals surface area contributed by atoms with E-state index in [1.54, 1.807) is 21.8 Å². The number of methoxy groups -OCH3 is 1. The van der Waals surface area contributed by atoms with Gasteiger partial charge in [0, 0.05) is 25.2 Å². The number of nitrogens with one attached hydrogen (secondary N) is 2. The fraction of sp³-hybridized carbons (Fsp3) is 0.462. The molecule has 38 heavy (non-hydrogen) atoms. The smallest absolute Gasteiger partial charge is 0.252 e. The molecule has 0 spiro atoms. The van der Waals surface area contributed by atoms with Crippen LogP contribution in [0.3, 0.4) is 0 Å². The molecule has 1 aromatic carbocycles. The molecule has 2 amide bonds. The molecular formula is C26H32N8O4. The lowest BCUT2D eigenvalue weighted by atomic mass is 10.0. The number of ether oxygens (including phenoxy) is 2. The van der Waals surface area contributed by atoms with Crippen molar-refractivity contribution >= 4 is 29.3 Å². The first-order valence-corrected chi connectivity index (χ1v) is 12.7. The van der Waals surface area contributed by atoms with Gasteiger partial charge in [-0.3, -0.25) is 14.6 Å². The van der Waals surface area contributed by atoms with Crippen molar-refractivity contribution in [2.24, 2.45) is 10.1 Å². The normalized spacial score (nSPS) is 18.3. The zero-order valence-electron chi connectivity index (χ0n) is 22.0. The van der Waals surface area contributed by atoms with Crippen LogP contribution >= 0.6 is 0 Å². The molecule has 2 unspecified atom stereocenters. The quantitative estimate of drug-likeness (QED) is 0.463. The second kappa shape index (κ2) is 11.9. The summed E-state index contributed by atoms with van der Waals surface area (Å²) in [7, 11) is 1.44. The minimum absolute atomic E-state index is 0.106. The van der Waals surface area contributed by atoms with Crippen LogP contribution in [0.1, 0.15) is 45.6 Å². The second-order valence-electron chi connectivity index (χ2n) is 8.93. The van der Waals surface area contributed by atoms with E-state index in [0.717, 1.165) is 24.2 Å². The molecule has 0 saturated carbocycles. The maximum atomic E-state index is 13.1. The summed E-state index contributed by atoms with van der Waals surface area (Å²) in [5.41, 5.74) is 1.89. The third-order valence-corrected chi connectivity index (χ3v) is 6.12. The highest BCUT2D eigenvalue weighted by atomic mass is 16.5. The Bertz CT molecular complexity index is 1310. The zero-order chi connectivity index (χ0) is 27.2. The molecular weight excluding hydrogens is 488 g/mol. The van der Waals surface area contributed by atoms with Crippen LogP contribution < -0.4 is 15.4 Å². The number of nitrogens with zero attached hydrogens (tertiary/aromatic N) is 6. The summed E-state index contributed by atoms with van der Waals surface area (Å²) in [6.07, 6.45) is 1.84. The Labute approximate surface area is 221 Å². The third kappa shape index (κ3) is 5.52. The first-order valence-electron chi connectivity index (χ1n) is 12.7. The molecule has 12 heteroatoms. The van der Waals surface area contributed by atoms with Gasteiger partial charge in [0.05, 0.1) is 42.9 Å². The van der Waals surface area contributed by atoms with Crippen LogP contribution in [0.25, 0.3) is 11.3 Å². The predicted molar refractivity (Wildman–Crippen MR) is 142 cm³/mol. The number of aliphatic imine (C=N–C) groups is 1. The Hall–Kier alpha value is -4.24. The molecule has 200 valence electrons. The molecule has 0 aliphatic carbocycles. The summed E-state index contributed by atoms with van der Waals surface area (Å²) in [5, 5.41) is 25.9. The lowest BCUT2D eigenvalue weighted by Crippen LogP contribution is -2.54. The maximum Gasteiger partial charge on any atom is 0.252 e. The second-order valence-corrected chi connectivity index (χ2v) is 8.93. The highest BCUT2D eigenvalue weighted by Crippen LogP contribution is 2.31. The van der Waals surface area contributed by atoms with E-state index in [9.17, 15) is 9.59 Å². The summed E-state index contributed by atoms with van der Waals surface area (Å²) in [4.78, 5) is 29.9. The van der Waals surface area contributed by atoms with Gasteiger partial charge in [-0.15, -0.1) is 0 Å². The van der Waals surface area contributed by atoms with Crippen LogP contribution in [-0.4, -0.2) is 70.7 Å². The van der Waals surface area contributed by atoms with Crippen molar-refractivity contribution in [2.75, 3.05) is 25.6 Å². The summed E-state index contributed by atoms with van der Waals surface area (Å²) in [6.45, 7) is 6.49. The minimum atomic E-state index is -0.479. The first-order chi connectivity index (χ1) is 18.4. The molecule has 2 aliphatic heterocycles. The highest BCUT2D eigenvalue weighted by molar-refractivity contribution is 6.14. The summed E-state index contributed by atoms with van der Waals surface area (Å²) < 4.78 is 12.4. The SMILES string of the molecule is CCCC1=NC(C)C2C(=O)NC(c3cc(-c4cc(NC(=O)COC)n(CCC#N)n4)ccc3OCC)=NN12. The van der Waals surface area contributed by atoms with Crippen molar-refractivity contribution in [3.63, 3.8) is 0 Å². The number of aromatic nitrogens is 2. The number of hydrogen-bond acceptors (Lipinski definition) is 9. The van der Waals surface area contributed by atoms with E-state index < -0.39 is 6.04 Å². The van der Waals surface area contributed by atoms with Gasteiger partial charge in [-0.25, -0.2) is 9.69 Å². The Morgan fingerprint density at radius 1 is 1.29 bits per heavy atom.